The van der Waals surface area contributed by atoms with E-state index in [4.69, 9.17) is 10.3 Å². The van der Waals surface area contributed by atoms with Gasteiger partial charge in [0.05, 0.1) is 11.4 Å². The van der Waals surface area contributed by atoms with Gasteiger partial charge in [-0.25, -0.2) is 4.98 Å². The van der Waals surface area contributed by atoms with Gasteiger partial charge in [0.25, 0.3) is 12.1 Å². The van der Waals surface area contributed by atoms with Crippen LogP contribution in [0.5, 0.6) is 0 Å². The van der Waals surface area contributed by atoms with E-state index in [-0.39, 0.29) is 17.4 Å². The zero-order chi connectivity index (χ0) is 24.0. The van der Waals surface area contributed by atoms with Gasteiger partial charge in [-0.15, -0.1) is 22.7 Å². The molecule has 0 spiro atoms. The van der Waals surface area contributed by atoms with Crippen molar-refractivity contribution >= 4 is 56.2 Å². The molecule has 0 bridgehead atoms. The van der Waals surface area contributed by atoms with Gasteiger partial charge >= 0.3 is 5.88 Å². The lowest BCUT2D eigenvalue weighted by Crippen LogP contribution is -2.31. The van der Waals surface area contributed by atoms with Crippen LogP contribution in [0.15, 0.2) is 53.2 Å². The molecule has 34 heavy (non-hydrogen) atoms. The SMILES string of the molecule is CC(=O)c1c(C)nc2sc(C(=O)Nc3c[n+](-c4ccccc4)no3)c(N)c2c1-c1ccc(C)s1. The molecule has 4 heterocycles. The monoisotopic (exact) mass is 490 g/mol. The molecule has 4 aromatic heterocycles. The first-order chi connectivity index (χ1) is 16.3. The van der Waals surface area contributed by atoms with E-state index in [1.54, 1.807) is 24.5 Å². The number of ketones is 1. The van der Waals surface area contributed by atoms with Crippen LogP contribution < -0.4 is 15.7 Å². The van der Waals surface area contributed by atoms with Crippen molar-refractivity contribution in [2.24, 2.45) is 0 Å². The van der Waals surface area contributed by atoms with Gasteiger partial charge in [-0.05, 0) is 37.6 Å². The van der Waals surface area contributed by atoms with Crippen molar-refractivity contribution in [1.29, 1.82) is 0 Å². The number of fused-ring (bicyclic) bond motifs is 1. The Morgan fingerprint density at radius 2 is 1.85 bits per heavy atom. The van der Waals surface area contributed by atoms with Gasteiger partial charge in [0, 0.05) is 38.4 Å². The fourth-order valence-corrected chi connectivity index (χ4v) is 5.82. The Morgan fingerprint density at radius 3 is 2.53 bits per heavy atom. The topological polar surface area (TPSA) is 115 Å². The Labute approximate surface area is 202 Å². The number of thiophene rings is 2. The molecule has 0 fully saturated rings. The number of rotatable bonds is 5. The van der Waals surface area contributed by atoms with Crippen LogP contribution in [0.1, 0.15) is 37.5 Å². The zero-order valence-electron chi connectivity index (χ0n) is 18.6. The van der Waals surface area contributed by atoms with Crippen molar-refractivity contribution in [3.05, 3.63) is 69.7 Å². The highest BCUT2D eigenvalue weighted by atomic mass is 32.1. The molecule has 10 heteroatoms. The molecule has 5 rings (SSSR count). The summed E-state index contributed by atoms with van der Waals surface area (Å²) in [5.41, 5.74) is 9.43. The van der Waals surface area contributed by atoms with Crippen LogP contribution in [0.3, 0.4) is 0 Å². The largest absolute Gasteiger partial charge is 0.397 e. The molecule has 0 radical (unpaired) electrons. The first kappa shape index (κ1) is 21.9. The maximum absolute atomic E-state index is 13.1. The van der Waals surface area contributed by atoms with Crippen molar-refractivity contribution in [3.63, 3.8) is 0 Å². The number of amides is 1. The van der Waals surface area contributed by atoms with Gasteiger partial charge in [-0.3, -0.25) is 19.4 Å². The molecule has 3 N–H and O–H groups in total. The number of carbonyl (C=O) groups is 2. The zero-order valence-corrected chi connectivity index (χ0v) is 20.2. The predicted molar refractivity (Wildman–Crippen MR) is 133 cm³/mol. The molecule has 0 saturated heterocycles. The summed E-state index contributed by atoms with van der Waals surface area (Å²) >= 11 is 2.75. The molecule has 0 aliphatic carbocycles. The normalized spacial score (nSPS) is 11.1. The molecule has 8 nitrogen and oxygen atoms in total. The third-order valence-corrected chi connectivity index (χ3v) is 7.44. The minimum Gasteiger partial charge on any atom is -0.397 e. The third-order valence-electron chi connectivity index (χ3n) is 5.33. The van der Waals surface area contributed by atoms with E-state index in [2.05, 4.69) is 15.6 Å². The van der Waals surface area contributed by atoms with Crippen LogP contribution in [0.2, 0.25) is 0 Å². The smallest absolute Gasteiger partial charge is 0.303 e. The number of aryl methyl sites for hydroxylation is 2. The first-order valence-electron chi connectivity index (χ1n) is 10.4. The third kappa shape index (κ3) is 3.76. The quantitative estimate of drug-likeness (QED) is 0.266. The Hall–Kier alpha value is -3.89. The van der Waals surface area contributed by atoms with Crippen molar-refractivity contribution < 1.29 is 18.8 Å². The summed E-state index contributed by atoms with van der Waals surface area (Å²) in [7, 11) is 0. The van der Waals surface area contributed by atoms with Gasteiger partial charge in [0.1, 0.15) is 9.71 Å². The summed E-state index contributed by atoms with van der Waals surface area (Å²) in [6.45, 7) is 5.32. The number of nitrogens with one attached hydrogen (secondary N) is 1. The van der Waals surface area contributed by atoms with Crippen molar-refractivity contribution in [3.8, 4) is 16.1 Å². The second-order valence-electron chi connectivity index (χ2n) is 7.74. The molecular weight excluding hydrogens is 470 g/mol. The first-order valence-corrected chi connectivity index (χ1v) is 12.0. The number of anilines is 2. The minimum atomic E-state index is -0.438. The molecule has 0 atom stereocenters. The van der Waals surface area contributed by atoms with Crippen molar-refractivity contribution in [1.82, 2.24) is 10.3 Å². The van der Waals surface area contributed by atoms with E-state index in [1.165, 1.54) is 22.9 Å². The summed E-state index contributed by atoms with van der Waals surface area (Å²) in [5, 5.41) is 7.28. The molecule has 0 unspecified atom stereocenters. The average Bonchev–Trinajstić information content (AvgIpc) is 3.52. The van der Waals surface area contributed by atoms with Crippen molar-refractivity contribution in [2.75, 3.05) is 11.1 Å². The summed E-state index contributed by atoms with van der Waals surface area (Å²) < 4.78 is 6.80. The van der Waals surface area contributed by atoms with E-state index in [9.17, 15) is 9.59 Å². The molecule has 1 aromatic carbocycles. The van der Waals surface area contributed by atoms with Crippen LogP contribution in [-0.4, -0.2) is 21.9 Å². The van der Waals surface area contributed by atoms with Gasteiger partial charge in [-0.2, -0.15) is 0 Å². The Morgan fingerprint density at radius 1 is 1.09 bits per heavy atom. The maximum atomic E-state index is 13.1. The molecule has 0 saturated carbocycles. The number of Topliss-reactive ketones (excluding diaryl/α,β-unsaturated/α-hetero) is 1. The van der Waals surface area contributed by atoms with Crippen LogP contribution >= 0.6 is 22.7 Å². The van der Waals surface area contributed by atoms with E-state index < -0.39 is 5.91 Å². The molecule has 0 aliphatic rings. The Kier molecular flexibility index (Phi) is 5.46. The number of nitrogens with two attached hydrogens (primary N) is 1. The van der Waals surface area contributed by atoms with Gasteiger partial charge < -0.3 is 5.73 Å². The number of carbonyl (C=O) groups excluding carboxylic acids is 2. The lowest BCUT2D eigenvalue weighted by atomic mass is 9.98. The highest BCUT2D eigenvalue weighted by Crippen LogP contribution is 2.44. The fraction of sp³-hybridized carbons (Fsp3) is 0.125. The van der Waals surface area contributed by atoms with Crippen LogP contribution in [0.4, 0.5) is 11.6 Å². The predicted octanol–water partition coefficient (Wildman–Crippen LogP) is 4.94. The number of nitrogen functional groups attached to an aromatic ring is 1. The van der Waals surface area contributed by atoms with E-state index in [0.29, 0.717) is 26.4 Å². The van der Waals surface area contributed by atoms with Gasteiger partial charge in [0.15, 0.2) is 5.78 Å². The summed E-state index contributed by atoms with van der Waals surface area (Å²) in [6.07, 6.45) is 1.58. The summed E-state index contributed by atoms with van der Waals surface area (Å²) in [6, 6.07) is 13.4. The minimum absolute atomic E-state index is 0.100. The number of para-hydroxylation sites is 1. The second-order valence-corrected chi connectivity index (χ2v) is 10.0. The summed E-state index contributed by atoms with van der Waals surface area (Å²) in [5.74, 6) is -0.364. The average molecular weight is 491 g/mol. The van der Waals surface area contributed by atoms with Gasteiger partial charge in [0.2, 0.25) is 11.0 Å². The fourth-order valence-electron chi connectivity index (χ4n) is 3.85. The Balaban J connectivity index is 1.58. The number of benzene rings is 1. The Bertz CT molecular complexity index is 1570. The number of hydrogen-bond donors (Lipinski definition) is 2. The van der Waals surface area contributed by atoms with Gasteiger partial charge in [-0.1, -0.05) is 18.2 Å². The molecule has 0 aliphatic heterocycles. The highest BCUT2D eigenvalue weighted by Gasteiger charge is 2.27. The van der Waals surface area contributed by atoms with Crippen LogP contribution in [0, 0.1) is 13.8 Å². The van der Waals surface area contributed by atoms with E-state index >= 15 is 0 Å². The lowest BCUT2D eigenvalue weighted by molar-refractivity contribution is -0.670. The van der Waals surface area contributed by atoms with E-state index in [0.717, 1.165) is 21.0 Å². The second kappa shape index (κ2) is 8.47. The van der Waals surface area contributed by atoms with E-state index in [1.807, 2.05) is 49.4 Å². The van der Waals surface area contributed by atoms with Crippen molar-refractivity contribution in [2.45, 2.75) is 20.8 Å². The number of pyridine rings is 1. The van der Waals surface area contributed by atoms with Crippen LogP contribution in [0.25, 0.3) is 26.3 Å². The molecule has 5 aromatic rings. The summed E-state index contributed by atoms with van der Waals surface area (Å²) in [4.78, 5) is 33.2. The molecule has 1 amide bonds. The number of aromatic nitrogens is 3. The molecule has 170 valence electrons. The lowest BCUT2D eigenvalue weighted by Gasteiger charge is -2.11. The highest BCUT2D eigenvalue weighted by molar-refractivity contribution is 7.21. The number of nitrogens with zero attached hydrogens (tertiary/aromatic N) is 3. The van der Waals surface area contributed by atoms with Crippen LogP contribution in [-0.2, 0) is 0 Å². The maximum Gasteiger partial charge on any atom is 0.303 e. The standard InChI is InChI=1S/C24H19N5O3S2/c1-12-9-10-16(33-12)19-18(14(3)30)13(2)26-24-20(19)21(25)22(34-24)23(31)27-17-11-29(28-32-17)15-7-5-4-6-8-15/h4-11H,1-3H3,(H2-,25,27,28,31)/p+1. The number of hydrogen-bond acceptors (Lipinski definition) is 8. The molecular formula is C24H20N5O3S2+.